The molecular formula is C11H13ClO2. The van der Waals surface area contributed by atoms with Gasteiger partial charge < -0.3 is 9.47 Å². The maximum Gasteiger partial charge on any atom is 0.268 e. The van der Waals surface area contributed by atoms with Crippen LogP contribution < -0.4 is 0 Å². The van der Waals surface area contributed by atoms with Crippen LogP contribution in [-0.4, -0.2) is 19.5 Å². The minimum Gasteiger partial charge on any atom is -0.337 e. The topological polar surface area (TPSA) is 18.5 Å². The summed E-state index contributed by atoms with van der Waals surface area (Å²) in [7, 11) is 2.98. The van der Waals surface area contributed by atoms with Crippen LogP contribution in [-0.2, 0) is 9.47 Å². The number of alkyl halides is 1. The molecule has 3 heteroatoms. The van der Waals surface area contributed by atoms with Crippen molar-refractivity contribution in [1.82, 2.24) is 0 Å². The molecule has 0 aromatic heterocycles. The van der Waals surface area contributed by atoms with E-state index in [9.17, 15) is 0 Å². The van der Waals surface area contributed by atoms with Crippen LogP contribution in [0.15, 0.2) is 36.4 Å². The van der Waals surface area contributed by atoms with E-state index in [1.165, 1.54) is 14.2 Å². The fourth-order valence-electron chi connectivity index (χ4n) is 0.979. The molecule has 0 bridgehead atoms. The van der Waals surface area contributed by atoms with Crippen molar-refractivity contribution in [2.75, 3.05) is 14.2 Å². The molecule has 0 unspecified atom stereocenters. The highest BCUT2D eigenvalue weighted by atomic mass is 35.5. The number of halogens is 1. The van der Waals surface area contributed by atoms with Crippen LogP contribution in [0.25, 0.3) is 6.08 Å². The summed E-state index contributed by atoms with van der Waals surface area (Å²) in [5.41, 5.74) is 1.05. The first-order valence-corrected chi connectivity index (χ1v) is 4.61. The molecule has 0 spiro atoms. The minimum absolute atomic E-state index is 1.05. The van der Waals surface area contributed by atoms with Crippen molar-refractivity contribution in [2.45, 2.75) is 5.25 Å². The maximum atomic E-state index is 5.93. The Labute approximate surface area is 89.1 Å². The number of hydrogen-bond donors (Lipinski definition) is 0. The Kier molecular flexibility index (Phi) is 4.14. The molecule has 0 heterocycles. The van der Waals surface area contributed by atoms with Gasteiger partial charge in [0.15, 0.2) is 0 Å². The van der Waals surface area contributed by atoms with E-state index in [1.54, 1.807) is 6.08 Å². The molecule has 0 saturated heterocycles. The maximum absolute atomic E-state index is 5.93. The van der Waals surface area contributed by atoms with Gasteiger partial charge >= 0.3 is 0 Å². The van der Waals surface area contributed by atoms with Crippen molar-refractivity contribution in [3.05, 3.63) is 42.0 Å². The largest absolute Gasteiger partial charge is 0.337 e. The molecule has 2 nitrogen and oxygen atoms in total. The molecule has 0 radical (unpaired) electrons. The number of ether oxygens (including phenoxy) is 2. The third-order valence-corrected chi connectivity index (χ3v) is 2.27. The van der Waals surface area contributed by atoms with Gasteiger partial charge in [0.05, 0.1) is 0 Å². The predicted molar refractivity (Wildman–Crippen MR) is 58.1 cm³/mol. The van der Waals surface area contributed by atoms with Gasteiger partial charge in [-0.1, -0.05) is 48.0 Å². The summed E-state index contributed by atoms with van der Waals surface area (Å²) in [6, 6.07) is 9.81. The first-order valence-electron chi connectivity index (χ1n) is 4.24. The molecule has 1 rings (SSSR count). The molecule has 14 heavy (non-hydrogen) atoms. The Morgan fingerprint density at radius 3 is 2.21 bits per heavy atom. The zero-order valence-corrected chi connectivity index (χ0v) is 8.99. The zero-order chi connectivity index (χ0) is 10.4. The van der Waals surface area contributed by atoms with Crippen molar-refractivity contribution in [2.24, 2.45) is 0 Å². The summed E-state index contributed by atoms with van der Waals surface area (Å²) < 4.78 is 9.93. The second-order valence-electron chi connectivity index (χ2n) is 2.73. The van der Waals surface area contributed by atoms with Gasteiger partial charge in [0.1, 0.15) is 0 Å². The molecule has 0 aliphatic heterocycles. The average molecular weight is 213 g/mol. The van der Waals surface area contributed by atoms with Gasteiger partial charge in [-0.25, -0.2) is 0 Å². The summed E-state index contributed by atoms with van der Waals surface area (Å²) >= 11 is 5.93. The van der Waals surface area contributed by atoms with E-state index < -0.39 is 5.25 Å². The Morgan fingerprint density at radius 2 is 1.71 bits per heavy atom. The van der Waals surface area contributed by atoms with Gasteiger partial charge in [0.2, 0.25) is 0 Å². The van der Waals surface area contributed by atoms with Gasteiger partial charge in [0.25, 0.3) is 5.25 Å². The van der Waals surface area contributed by atoms with Crippen LogP contribution in [0.5, 0.6) is 0 Å². The van der Waals surface area contributed by atoms with Crippen molar-refractivity contribution in [3.63, 3.8) is 0 Å². The second-order valence-corrected chi connectivity index (χ2v) is 3.26. The van der Waals surface area contributed by atoms with E-state index in [0.717, 1.165) is 5.56 Å². The van der Waals surface area contributed by atoms with Crippen LogP contribution in [0, 0.1) is 0 Å². The normalized spacial score (nSPS) is 12.2. The standard InChI is InChI=1S/C11H13ClO2/c1-13-11(12,14-2)9-8-10-6-4-3-5-7-10/h3-9H,1-2H3/b9-8+. The highest BCUT2D eigenvalue weighted by Crippen LogP contribution is 2.19. The van der Waals surface area contributed by atoms with E-state index in [1.807, 2.05) is 36.4 Å². The molecule has 76 valence electrons. The minimum atomic E-state index is -1.17. The Morgan fingerprint density at radius 1 is 1.14 bits per heavy atom. The molecule has 0 aliphatic carbocycles. The monoisotopic (exact) mass is 212 g/mol. The number of hydrogen-bond acceptors (Lipinski definition) is 2. The second kappa shape index (κ2) is 5.15. The summed E-state index contributed by atoms with van der Waals surface area (Å²) in [5.74, 6) is 0. The summed E-state index contributed by atoms with van der Waals surface area (Å²) in [5, 5.41) is -1.17. The van der Waals surface area contributed by atoms with E-state index >= 15 is 0 Å². The van der Waals surface area contributed by atoms with Crippen molar-refractivity contribution in [1.29, 1.82) is 0 Å². The average Bonchev–Trinajstić information content (AvgIpc) is 2.27. The van der Waals surface area contributed by atoms with Crippen molar-refractivity contribution >= 4 is 17.7 Å². The SMILES string of the molecule is COC(Cl)(/C=C/c1ccccc1)OC. The Bertz CT molecular complexity index is 291. The Balaban J connectivity index is 2.72. The van der Waals surface area contributed by atoms with E-state index in [0.29, 0.717) is 0 Å². The van der Waals surface area contributed by atoms with Crippen LogP contribution in [0.1, 0.15) is 5.56 Å². The first kappa shape index (κ1) is 11.2. The lowest BCUT2D eigenvalue weighted by Gasteiger charge is -2.18. The molecule has 0 aliphatic rings. The highest BCUT2D eigenvalue weighted by molar-refractivity contribution is 6.23. The van der Waals surface area contributed by atoms with Gasteiger partial charge in [-0.3, -0.25) is 0 Å². The molecule has 1 aromatic rings. The van der Waals surface area contributed by atoms with Crippen molar-refractivity contribution < 1.29 is 9.47 Å². The molecule has 1 aromatic carbocycles. The number of benzene rings is 1. The molecule has 0 saturated carbocycles. The van der Waals surface area contributed by atoms with Crippen LogP contribution >= 0.6 is 11.6 Å². The van der Waals surface area contributed by atoms with Gasteiger partial charge in [0, 0.05) is 14.2 Å². The molecule has 0 atom stereocenters. The van der Waals surface area contributed by atoms with Crippen LogP contribution in [0.4, 0.5) is 0 Å². The van der Waals surface area contributed by atoms with Gasteiger partial charge in [-0.05, 0) is 11.6 Å². The van der Waals surface area contributed by atoms with Crippen LogP contribution in [0.2, 0.25) is 0 Å². The van der Waals surface area contributed by atoms with Crippen molar-refractivity contribution in [3.8, 4) is 0 Å². The highest BCUT2D eigenvalue weighted by Gasteiger charge is 2.21. The van der Waals surface area contributed by atoms with Gasteiger partial charge in [-0.15, -0.1) is 0 Å². The van der Waals surface area contributed by atoms with E-state index in [2.05, 4.69) is 0 Å². The molecular weight excluding hydrogens is 200 g/mol. The smallest absolute Gasteiger partial charge is 0.268 e. The summed E-state index contributed by atoms with van der Waals surface area (Å²) in [4.78, 5) is 0. The quantitative estimate of drug-likeness (QED) is 0.565. The lowest BCUT2D eigenvalue weighted by atomic mass is 10.2. The number of rotatable bonds is 4. The third-order valence-electron chi connectivity index (χ3n) is 1.83. The predicted octanol–water partition coefficient (Wildman–Crippen LogP) is 2.89. The first-order chi connectivity index (χ1) is 6.70. The van der Waals surface area contributed by atoms with Gasteiger partial charge in [-0.2, -0.15) is 0 Å². The van der Waals surface area contributed by atoms with E-state index in [4.69, 9.17) is 21.1 Å². The fourth-order valence-corrected chi connectivity index (χ4v) is 1.04. The lowest BCUT2D eigenvalue weighted by molar-refractivity contribution is -0.104. The molecule has 0 fully saturated rings. The molecule has 0 N–H and O–H groups in total. The molecule has 0 amide bonds. The third kappa shape index (κ3) is 3.14. The van der Waals surface area contributed by atoms with Crippen LogP contribution in [0.3, 0.4) is 0 Å². The lowest BCUT2D eigenvalue weighted by Crippen LogP contribution is -2.22. The Hall–Kier alpha value is -0.830. The summed E-state index contributed by atoms with van der Waals surface area (Å²) in [6.07, 6.45) is 3.50. The zero-order valence-electron chi connectivity index (χ0n) is 8.24. The fraction of sp³-hybridized carbons (Fsp3) is 0.273. The number of methoxy groups -OCH3 is 2. The summed E-state index contributed by atoms with van der Waals surface area (Å²) in [6.45, 7) is 0. The van der Waals surface area contributed by atoms with E-state index in [-0.39, 0.29) is 0 Å².